The van der Waals surface area contributed by atoms with Crippen molar-refractivity contribution in [1.82, 2.24) is 10.2 Å². The topological polar surface area (TPSA) is 117 Å². The van der Waals surface area contributed by atoms with Crippen LogP contribution < -0.4 is 15.4 Å². The number of aliphatic hydroxyl groups excluding tert-OH is 1. The van der Waals surface area contributed by atoms with Crippen LogP contribution in [0.15, 0.2) is 42.5 Å². The van der Waals surface area contributed by atoms with E-state index in [1.54, 1.807) is 49.4 Å². The van der Waals surface area contributed by atoms with Gasteiger partial charge in [0.15, 0.2) is 0 Å². The fraction of sp³-hybridized carbons (Fsp3) is 0.318. The Morgan fingerprint density at radius 3 is 2.58 bits per heavy atom. The number of methoxy groups -OCH3 is 1. The first-order chi connectivity index (χ1) is 15.8. The summed E-state index contributed by atoms with van der Waals surface area (Å²) in [6.45, 7) is 1.62. The second kappa shape index (κ2) is 11.1. The second-order valence-electron chi connectivity index (χ2n) is 7.23. The van der Waals surface area contributed by atoms with Crippen LogP contribution in [-0.4, -0.2) is 60.3 Å². The Morgan fingerprint density at radius 2 is 1.97 bits per heavy atom. The molecule has 33 heavy (non-hydrogen) atoms. The zero-order chi connectivity index (χ0) is 24.1. The van der Waals surface area contributed by atoms with Crippen molar-refractivity contribution >= 4 is 57.7 Å². The molecule has 2 aromatic rings. The first kappa shape index (κ1) is 25.2. The van der Waals surface area contributed by atoms with E-state index in [9.17, 15) is 14.4 Å². The fourth-order valence-corrected chi connectivity index (χ4v) is 4.27. The van der Waals surface area contributed by atoms with Gasteiger partial charge in [-0.05, 0) is 65.4 Å². The van der Waals surface area contributed by atoms with Gasteiger partial charge in [0.05, 0.1) is 23.4 Å². The van der Waals surface area contributed by atoms with Crippen molar-refractivity contribution in [3.63, 3.8) is 0 Å². The van der Waals surface area contributed by atoms with Crippen molar-refractivity contribution in [1.29, 1.82) is 0 Å². The quantitative estimate of drug-likeness (QED) is 0.307. The number of benzene rings is 2. The van der Waals surface area contributed by atoms with Gasteiger partial charge in [0.1, 0.15) is 24.4 Å². The van der Waals surface area contributed by atoms with Gasteiger partial charge < -0.3 is 25.2 Å². The van der Waals surface area contributed by atoms with Crippen molar-refractivity contribution in [2.75, 3.05) is 25.6 Å². The molecule has 2 aromatic carbocycles. The van der Waals surface area contributed by atoms with Crippen LogP contribution in [0.3, 0.4) is 0 Å². The average molecular weight is 588 g/mol. The largest absolute Gasteiger partial charge is 0.491 e. The van der Waals surface area contributed by atoms with Crippen LogP contribution in [0.5, 0.6) is 5.75 Å². The minimum absolute atomic E-state index is 0.123. The van der Waals surface area contributed by atoms with Gasteiger partial charge in [-0.2, -0.15) is 0 Å². The molecule has 1 fully saturated rings. The number of rotatable bonds is 9. The molecule has 0 bridgehead atoms. The van der Waals surface area contributed by atoms with Gasteiger partial charge in [0.2, 0.25) is 5.91 Å². The summed E-state index contributed by atoms with van der Waals surface area (Å²) in [5, 5.41) is 14.5. The highest BCUT2D eigenvalue weighted by atomic mass is 127. The van der Waals surface area contributed by atoms with Gasteiger partial charge in [-0.15, -0.1) is 0 Å². The third-order valence-corrected chi connectivity index (χ3v) is 6.08. The molecule has 0 aliphatic carbocycles. The number of carbonyl (C=O) groups excluding carboxylic acids is 3. The number of hydrogen-bond donors (Lipinski definition) is 3. The molecule has 0 aromatic heterocycles. The molecule has 1 aliphatic rings. The van der Waals surface area contributed by atoms with E-state index < -0.39 is 36.0 Å². The first-order valence-corrected chi connectivity index (χ1v) is 11.5. The van der Waals surface area contributed by atoms with Crippen molar-refractivity contribution < 1.29 is 29.0 Å². The average Bonchev–Trinajstić information content (AvgIpc) is 3.08. The number of nitrogens with one attached hydrogen (secondary N) is 2. The van der Waals surface area contributed by atoms with Crippen LogP contribution in [0, 0.1) is 3.57 Å². The van der Waals surface area contributed by atoms with E-state index in [1.807, 2.05) is 0 Å². The number of halogens is 2. The van der Waals surface area contributed by atoms with Gasteiger partial charge in [0, 0.05) is 10.7 Å². The zero-order valence-corrected chi connectivity index (χ0v) is 20.8. The molecule has 11 heteroatoms. The number of nitrogens with zero attached hydrogens (tertiary/aromatic N) is 1. The van der Waals surface area contributed by atoms with E-state index in [4.69, 9.17) is 26.2 Å². The lowest BCUT2D eigenvalue weighted by molar-refractivity contribution is -0.137. The molecule has 0 radical (unpaired) electrons. The van der Waals surface area contributed by atoms with E-state index in [0.717, 1.165) is 8.47 Å². The number of anilines is 1. The molecule has 9 nitrogen and oxygen atoms in total. The number of imide groups is 1. The van der Waals surface area contributed by atoms with E-state index in [0.29, 0.717) is 22.0 Å². The Labute approximate surface area is 209 Å². The summed E-state index contributed by atoms with van der Waals surface area (Å²) in [6, 6.07) is 8.74. The summed E-state index contributed by atoms with van der Waals surface area (Å²) in [4.78, 5) is 40.0. The summed E-state index contributed by atoms with van der Waals surface area (Å²) in [7, 11) is 1.39. The number of amides is 4. The van der Waals surface area contributed by atoms with Crippen molar-refractivity contribution in [3.8, 4) is 5.75 Å². The van der Waals surface area contributed by atoms with Crippen molar-refractivity contribution in [2.24, 2.45) is 0 Å². The molecule has 1 saturated heterocycles. The van der Waals surface area contributed by atoms with Crippen molar-refractivity contribution in [3.05, 3.63) is 56.6 Å². The third-order valence-electron chi connectivity index (χ3n) is 5.10. The minimum atomic E-state index is -1.23. The Morgan fingerprint density at radius 1 is 1.27 bits per heavy atom. The van der Waals surface area contributed by atoms with E-state index in [1.165, 1.54) is 7.11 Å². The molecule has 1 unspecified atom stereocenters. The summed E-state index contributed by atoms with van der Waals surface area (Å²) in [5.41, 5.74) is 0.884. The molecule has 1 aliphatic heterocycles. The van der Waals surface area contributed by atoms with Crippen LogP contribution in [-0.2, 0) is 14.3 Å². The summed E-state index contributed by atoms with van der Waals surface area (Å²) in [6.07, 6.45) is -0.782. The normalized spacial score (nSPS) is 17.5. The first-order valence-electron chi connectivity index (χ1n) is 10.0. The molecule has 3 atom stereocenters. The molecule has 4 amide bonds. The number of urea groups is 1. The number of hydrogen-bond acceptors (Lipinski definition) is 6. The summed E-state index contributed by atoms with van der Waals surface area (Å²) in [5.74, 6) is -0.674. The molecule has 0 saturated carbocycles. The molecule has 3 N–H and O–H groups in total. The minimum Gasteiger partial charge on any atom is -0.491 e. The number of carbonyl (C=O) groups is 3. The van der Waals surface area contributed by atoms with Gasteiger partial charge in [0.25, 0.3) is 5.91 Å². The predicted octanol–water partition coefficient (Wildman–Crippen LogP) is 2.95. The Kier molecular flexibility index (Phi) is 8.51. The molecule has 176 valence electrons. The van der Waals surface area contributed by atoms with Crippen LogP contribution >= 0.6 is 34.2 Å². The van der Waals surface area contributed by atoms with Crippen molar-refractivity contribution in [2.45, 2.75) is 25.1 Å². The fourth-order valence-electron chi connectivity index (χ4n) is 3.37. The zero-order valence-electron chi connectivity index (χ0n) is 17.9. The van der Waals surface area contributed by atoms with Gasteiger partial charge >= 0.3 is 6.03 Å². The molecule has 0 spiro atoms. The van der Waals surface area contributed by atoms with E-state index >= 15 is 0 Å². The SMILES string of the molecule is CO[C@H](C)C(C(=O)Nc1ccc(I)cc1Cl)N1C(=O)N[C@H](c2ccc(OCCO)cc2)C1=O. The standard InChI is InChI=1S/C22H23ClIN3O6/c1-12(32-2)19(20(29)25-17-8-5-14(24)11-16(17)23)27-21(30)18(26-22(27)31)13-3-6-15(7-4-13)33-10-9-28/h3-8,11-12,18-19,28H,9-10H2,1-2H3,(H,25,29)(H,26,31)/t12-,18-,19?/m1/s1. The van der Waals surface area contributed by atoms with Gasteiger partial charge in [-0.25, -0.2) is 9.69 Å². The Balaban J connectivity index is 1.83. The molecular formula is C22H23ClIN3O6. The maximum absolute atomic E-state index is 13.2. The molecular weight excluding hydrogens is 565 g/mol. The number of aliphatic hydroxyl groups is 1. The summed E-state index contributed by atoms with van der Waals surface area (Å²) < 4.78 is 11.5. The Hall–Kier alpha value is -2.41. The summed E-state index contributed by atoms with van der Waals surface area (Å²) >= 11 is 8.32. The van der Waals surface area contributed by atoms with Gasteiger partial charge in [-0.1, -0.05) is 23.7 Å². The highest BCUT2D eigenvalue weighted by Gasteiger charge is 2.47. The molecule has 3 rings (SSSR count). The van der Waals surface area contributed by atoms with E-state index in [2.05, 4.69) is 33.2 Å². The lowest BCUT2D eigenvalue weighted by Gasteiger charge is -2.28. The van der Waals surface area contributed by atoms with Crippen LogP contribution in [0.1, 0.15) is 18.5 Å². The van der Waals surface area contributed by atoms with E-state index in [-0.39, 0.29) is 13.2 Å². The lowest BCUT2D eigenvalue weighted by Crippen LogP contribution is -2.53. The second-order valence-corrected chi connectivity index (χ2v) is 8.88. The highest BCUT2D eigenvalue weighted by Crippen LogP contribution is 2.29. The predicted molar refractivity (Wildman–Crippen MR) is 130 cm³/mol. The maximum Gasteiger partial charge on any atom is 0.325 e. The highest BCUT2D eigenvalue weighted by molar-refractivity contribution is 14.1. The van der Waals surface area contributed by atoms with Crippen LogP contribution in [0.2, 0.25) is 5.02 Å². The third kappa shape index (κ3) is 5.75. The van der Waals surface area contributed by atoms with Crippen LogP contribution in [0.4, 0.5) is 10.5 Å². The van der Waals surface area contributed by atoms with Crippen LogP contribution in [0.25, 0.3) is 0 Å². The molecule has 1 heterocycles. The Bertz CT molecular complexity index is 1040. The smallest absolute Gasteiger partial charge is 0.325 e. The lowest BCUT2D eigenvalue weighted by atomic mass is 10.0. The maximum atomic E-state index is 13.2. The number of ether oxygens (including phenoxy) is 2. The van der Waals surface area contributed by atoms with Gasteiger partial charge in [-0.3, -0.25) is 9.59 Å². The monoisotopic (exact) mass is 587 g/mol.